The number of para-hydroxylation sites is 1. The zero-order valence-electron chi connectivity index (χ0n) is 12.4. The lowest BCUT2D eigenvalue weighted by atomic mass is 9.86. The highest BCUT2D eigenvalue weighted by Crippen LogP contribution is 2.35. The van der Waals surface area contributed by atoms with E-state index >= 15 is 0 Å². The normalized spacial score (nSPS) is 11.2. The molecule has 0 aliphatic rings. The average molecular weight is 303 g/mol. The maximum absolute atomic E-state index is 7.64. The van der Waals surface area contributed by atoms with Crippen LogP contribution < -0.4 is 10.5 Å². The van der Waals surface area contributed by atoms with Gasteiger partial charge in [-0.05, 0) is 23.6 Å². The number of halogens is 1. The molecule has 4 heteroatoms. The molecule has 3 nitrogen and oxygen atoms in total. The first-order chi connectivity index (χ1) is 9.79. The van der Waals surface area contributed by atoms with E-state index in [0.717, 1.165) is 11.3 Å². The van der Waals surface area contributed by atoms with Gasteiger partial charge in [0.15, 0.2) is 0 Å². The van der Waals surface area contributed by atoms with Gasteiger partial charge in [-0.3, -0.25) is 5.41 Å². The second-order valence-electron chi connectivity index (χ2n) is 5.90. The molecule has 0 amide bonds. The van der Waals surface area contributed by atoms with Crippen molar-refractivity contribution in [3.05, 3.63) is 58.6 Å². The molecule has 3 N–H and O–H groups in total. The van der Waals surface area contributed by atoms with Gasteiger partial charge >= 0.3 is 0 Å². The van der Waals surface area contributed by atoms with Gasteiger partial charge in [-0.15, -0.1) is 0 Å². The zero-order chi connectivity index (χ0) is 15.6. The summed E-state index contributed by atoms with van der Waals surface area (Å²) >= 11 is 6.03. The molecule has 0 atom stereocenters. The van der Waals surface area contributed by atoms with Gasteiger partial charge < -0.3 is 10.5 Å². The van der Waals surface area contributed by atoms with Crippen LogP contribution in [0.5, 0.6) is 11.5 Å². The summed E-state index contributed by atoms with van der Waals surface area (Å²) in [4.78, 5) is 0. The highest BCUT2D eigenvalue weighted by molar-refractivity contribution is 6.30. The minimum Gasteiger partial charge on any atom is -0.456 e. The van der Waals surface area contributed by atoms with Gasteiger partial charge in [0, 0.05) is 16.7 Å². The van der Waals surface area contributed by atoms with Crippen LogP contribution in [0.2, 0.25) is 5.02 Å². The standard InChI is InChI=1S/C17H19ClN2O/c1-17(2,3)13-6-4-5-7-14(13)21-15-10-11(18)8-9-12(15)16(19)20/h4-10H,1-3H3,(H3,19,20). The molecule has 0 radical (unpaired) electrons. The summed E-state index contributed by atoms with van der Waals surface area (Å²) in [6.07, 6.45) is 0. The Morgan fingerprint density at radius 3 is 2.38 bits per heavy atom. The summed E-state index contributed by atoms with van der Waals surface area (Å²) in [5.41, 5.74) is 7.17. The summed E-state index contributed by atoms with van der Waals surface area (Å²) in [7, 11) is 0. The molecular weight excluding hydrogens is 284 g/mol. The van der Waals surface area contributed by atoms with E-state index in [2.05, 4.69) is 20.8 Å². The fourth-order valence-electron chi connectivity index (χ4n) is 2.10. The van der Waals surface area contributed by atoms with E-state index in [1.54, 1.807) is 18.2 Å². The van der Waals surface area contributed by atoms with Crippen LogP contribution in [0.15, 0.2) is 42.5 Å². The molecule has 21 heavy (non-hydrogen) atoms. The molecule has 0 heterocycles. The van der Waals surface area contributed by atoms with Crippen LogP contribution in [0.25, 0.3) is 0 Å². The van der Waals surface area contributed by atoms with Crippen molar-refractivity contribution in [3.63, 3.8) is 0 Å². The summed E-state index contributed by atoms with van der Waals surface area (Å²) in [5.74, 6) is 1.19. The first-order valence-electron chi connectivity index (χ1n) is 6.70. The van der Waals surface area contributed by atoms with Crippen LogP contribution in [0, 0.1) is 5.41 Å². The Morgan fingerprint density at radius 2 is 1.76 bits per heavy atom. The summed E-state index contributed by atoms with van der Waals surface area (Å²) in [5, 5.41) is 8.19. The largest absolute Gasteiger partial charge is 0.456 e. The number of ether oxygens (including phenoxy) is 1. The molecule has 2 aromatic rings. The SMILES string of the molecule is CC(C)(C)c1ccccc1Oc1cc(Cl)ccc1C(=N)N. The van der Waals surface area contributed by atoms with Crippen molar-refractivity contribution >= 4 is 17.4 Å². The first-order valence-corrected chi connectivity index (χ1v) is 7.08. The molecule has 0 saturated carbocycles. The smallest absolute Gasteiger partial charge is 0.139 e. The molecule has 0 unspecified atom stereocenters. The maximum atomic E-state index is 7.64. The van der Waals surface area contributed by atoms with Crippen LogP contribution in [-0.4, -0.2) is 5.84 Å². The Kier molecular flexibility index (Phi) is 4.24. The van der Waals surface area contributed by atoms with Crippen molar-refractivity contribution in [3.8, 4) is 11.5 Å². The van der Waals surface area contributed by atoms with Crippen molar-refractivity contribution in [2.75, 3.05) is 0 Å². The van der Waals surface area contributed by atoms with Crippen molar-refractivity contribution < 1.29 is 4.74 Å². The van der Waals surface area contributed by atoms with Gasteiger partial charge in [0.05, 0.1) is 5.56 Å². The van der Waals surface area contributed by atoms with E-state index in [1.165, 1.54) is 0 Å². The maximum Gasteiger partial charge on any atom is 0.139 e. The average Bonchev–Trinajstić information content (AvgIpc) is 2.37. The van der Waals surface area contributed by atoms with E-state index in [0.29, 0.717) is 16.3 Å². The van der Waals surface area contributed by atoms with Crippen LogP contribution >= 0.6 is 11.6 Å². The van der Waals surface area contributed by atoms with Gasteiger partial charge in [-0.2, -0.15) is 0 Å². The second kappa shape index (κ2) is 5.78. The van der Waals surface area contributed by atoms with E-state index in [9.17, 15) is 0 Å². The molecule has 2 rings (SSSR count). The Morgan fingerprint density at radius 1 is 1.10 bits per heavy atom. The van der Waals surface area contributed by atoms with E-state index in [4.69, 9.17) is 27.5 Å². The minimum absolute atomic E-state index is 0.0464. The van der Waals surface area contributed by atoms with E-state index in [-0.39, 0.29) is 11.3 Å². The van der Waals surface area contributed by atoms with Crippen molar-refractivity contribution in [2.24, 2.45) is 5.73 Å². The second-order valence-corrected chi connectivity index (χ2v) is 6.34. The topological polar surface area (TPSA) is 59.1 Å². The highest BCUT2D eigenvalue weighted by Gasteiger charge is 2.19. The van der Waals surface area contributed by atoms with Gasteiger partial charge in [0.25, 0.3) is 0 Å². The number of benzene rings is 2. The van der Waals surface area contributed by atoms with Gasteiger partial charge in [-0.25, -0.2) is 0 Å². The van der Waals surface area contributed by atoms with Crippen LogP contribution in [0.1, 0.15) is 31.9 Å². The summed E-state index contributed by atoms with van der Waals surface area (Å²) < 4.78 is 6.00. The molecular formula is C17H19ClN2O. The third-order valence-corrected chi connectivity index (χ3v) is 3.38. The van der Waals surface area contributed by atoms with Crippen molar-refractivity contribution in [1.29, 1.82) is 5.41 Å². The Hall–Kier alpha value is -2.00. The lowest BCUT2D eigenvalue weighted by Crippen LogP contribution is -2.14. The molecule has 0 fully saturated rings. The first kappa shape index (κ1) is 15.4. The minimum atomic E-state index is -0.0500. The van der Waals surface area contributed by atoms with Crippen molar-refractivity contribution in [2.45, 2.75) is 26.2 Å². The summed E-state index contributed by atoms with van der Waals surface area (Å²) in [6, 6.07) is 12.9. The molecule has 0 aliphatic heterocycles. The predicted molar refractivity (Wildman–Crippen MR) is 87.7 cm³/mol. The molecule has 0 aromatic heterocycles. The van der Waals surface area contributed by atoms with Crippen molar-refractivity contribution in [1.82, 2.24) is 0 Å². The lowest BCUT2D eigenvalue weighted by molar-refractivity contribution is 0.454. The highest BCUT2D eigenvalue weighted by atomic mass is 35.5. The van der Waals surface area contributed by atoms with E-state index in [1.807, 2.05) is 24.3 Å². The van der Waals surface area contributed by atoms with Gasteiger partial charge in [-0.1, -0.05) is 50.6 Å². The number of nitrogen functional groups attached to an aromatic ring is 1. The Balaban J connectivity index is 2.49. The molecule has 110 valence electrons. The molecule has 0 bridgehead atoms. The number of amidine groups is 1. The lowest BCUT2D eigenvalue weighted by Gasteiger charge is -2.23. The Labute approximate surface area is 130 Å². The van der Waals surface area contributed by atoms with Crippen LogP contribution in [0.4, 0.5) is 0 Å². The van der Waals surface area contributed by atoms with Crippen LogP contribution in [0.3, 0.4) is 0 Å². The number of nitrogens with one attached hydrogen (secondary N) is 1. The summed E-state index contributed by atoms with van der Waals surface area (Å²) in [6.45, 7) is 6.37. The molecule has 0 aliphatic carbocycles. The predicted octanol–water partition coefficient (Wildman–Crippen LogP) is 4.71. The number of hydrogen-bond donors (Lipinski definition) is 2. The molecule has 2 aromatic carbocycles. The fourth-order valence-corrected chi connectivity index (χ4v) is 2.26. The fraction of sp³-hybridized carbons (Fsp3) is 0.235. The number of nitrogens with two attached hydrogens (primary N) is 1. The zero-order valence-corrected chi connectivity index (χ0v) is 13.2. The Bertz CT molecular complexity index is 675. The quantitative estimate of drug-likeness (QED) is 0.637. The third kappa shape index (κ3) is 3.56. The number of hydrogen-bond acceptors (Lipinski definition) is 2. The monoisotopic (exact) mass is 302 g/mol. The molecule has 0 saturated heterocycles. The van der Waals surface area contributed by atoms with Crippen LogP contribution in [-0.2, 0) is 5.41 Å². The third-order valence-electron chi connectivity index (χ3n) is 3.15. The van der Waals surface area contributed by atoms with E-state index < -0.39 is 0 Å². The molecule has 0 spiro atoms. The number of rotatable bonds is 3. The van der Waals surface area contributed by atoms with Gasteiger partial charge in [0.2, 0.25) is 0 Å². The van der Waals surface area contributed by atoms with Gasteiger partial charge in [0.1, 0.15) is 17.3 Å².